The number of aliphatic imine (C=N–C) groups is 1. The Kier molecular flexibility index (Phi) is 7.80. The summed E-state index contributed by atoms with van der Waals surface area (Å²) in [6.07, 6.45) is 10.2. The second-order valence-corrected chi connectivity index (χ2v) is 8.19. The second-order valence-electron chi connectivity index (χ2n) is 8.19. The smallest absolute Gasteiger partial charge is 0.328 e. The Balaban J connectivity index is 3.04. The molecule has 0 fully saturated rings. The SMILES string of the molecule is CC(=NC(C)C(=O)O)/C(C)=C/C=C(C)/C(C)=C/C1=C(C)CCCC1(C)C. The van der Waals surface area contributed by atoms with Crippen LogP contribution in [-0.2, 0) is 4.79 Å². The fraction of sp³-hybridized carbons (Fsp3) is 0.565. The van der Waals surface area contributed by atoms with Crippen molar-refractivity contribution in [2.45, 2.75) is 80.7 Å². The monoisotopic (exact) mass is 357 g/mol. The molecule has 1 N–H and O–H groups in total. The van der Waals surface area contributed by atoms with Crippen LogP contribution in [0.4, 0.5) is 0 Å². The molecule has 0 heterocycles. The summed E-state index contributed by atoms with van der Waals surface area (Å²) in [5, 5.41) is 8.97. The minimum atomic E-state index is -0.901. The molecule has 3 heteroatoms. The molecule has 1 aliphatic carbocycles. The van der Waals surface area contributed by atoms with Gasteiger partial charge in [0.25, 0.3) is 0 Å². The van der Waals surface area contributed by atoms with Crippen LogP contribution in [0, 0.1) is 5.41 Å². The molecule has 1 rings (SSSR count). The Morgan fingerprint density at radius 2 is 1.69 bits per heavy atom. The van der Waals surface area contributed by atoms with Gasteiger partial charge in [-0.1, -0.05) is 37.6 Å². The van der Waals surface area contributed by atoms with E-state index < -0.39 is 12.0 Å². The highest BCUT2D eigenvalue weighted by molar-refractivity contribution is 5.99. The lowest BCUT2D eigenvalue weighted by Crippen LogP contribution is -2.19. The van der Waals surface area contributed by atoms with E-state index in [9.17, 15) is 4.79 Å². The summed E-state index contributed by atoms with van der Waals surface area (Å²) >= 11 is 0. The number of rotatable bonds is 6. The first-order valence-corrected chi connectivity index (χ1v) is 9.47. The summed E-state index contributed by atoms with van der Waals surface area (Å²) in [4.78, 5) is 15.1. The molecule has 1 atom stereocenters. The quantitative estimate of drug-likeness (QED) is 0.449. The number of allylic oxidation sites excluding steroid dienone is 8. The highest BCUT2D eigenvalue weighted by Gasteiger charge is 2.26. The Labute approximate surface area is 159 Å². The predicted octanol–water partition coefficient (Wildman–Crippen LogP) is 6.29. The highest BCUT2D eigenvalue weighted by Crippen LogP contribution is 2.41. The van der Waals surface area contributed by atoms with Crippen molar-refractivity contribution in [3.05, 3.63) is 46.1 Å². The van der Waals surface area contributed by atoms with Gasteiger partial charge in [0, 0.05) is 5.71 Å². The van der Waals surface area contributed by atoms with Crippen LogP contribution in [0.2, 0.25) is 0 Å². The van der Waals surface area contributed by atoms with E-state index >= 15 is 0 Å². The molecule has 0 aromatic carbocycles. The van der Waals surface area contributed by atoms with Crippen LogP contribution in [0.1, 0.15) is 74.7 Å². The van der Waals surface area contributed by atoms with Crippen molar-refractivity contribution in [3.8, 4) is 0 Å². The Morgan fingerprint density at radius 3 is 2.23 bits per heavy atom. The molecule has 0 radical (unpaired) electrons. The van der Waals surface area contributed by atoms with E-state index in [0.29, 0.717) is 0 Å². The molecule has 0 saturated heterocycles. The summed E-state index contributed by atoms with van der Waals surface area (Å²) in [6.45, 7) is 16.6. The van der Waals surface area contributed by atoms with Gasteiger partial charge >= 0.3 is 5.97 Å². The molecule has 0 aliphatic heterocycles. The van der Waals surface area contributed by atoms with Gasteiger partial charge in [0.15, 0.2) is 0 Å². The lowest BCUT2D eigenvalue weighted by molar-refractivity contribution is -0.137. The minimum Gasteiger partial charge on any atom is -0.480 e. The third-order valence-corrected chi connectivity index (χ3v) is 5.42. The lowest BCUT2D eigenvalue weighted by atomic mass is 9.72. The van der Waals surface area contributed by atoms with Crippen molar-refractivity contribution in [1.82, 2.24) is 0 Å². The number of carboxylic acid groups (broad SMARTS) is 1. The summed E-state index contributed by atoms with van der Waals surface area (Å²) in [7, 11) is 0. The zero-order chi connectivity index (χ0) is 20.1. The van der Waals surface area contributed by atoms with E-state index in [1.165, 1.54) is 41.6 Å². The average molecular weight is 358 g/mol. The van der Waals surface area contributed by atoms with Gasteiger partial charge in [-0.05, 0) is 88.5 Å². The van der Waals surface area contributed by atoms with Crippen LogP contribution in [0.15, 0.2) is 51.1 Å². The van der Waals surface area contributed by atoms with Gasteiger partial charge in [-0.15, -0.1) is 0 Å². The molecule has 26 heavy (non-hydrogen) atoms. The van der Waals surface area contributed by atoms with Gasteiger partial charge in [0.2, 0.25) is 0 Å². The third kappa shape index (κ3) is 6.12. The van der Waals surface area contributed by atoms with Gasteiger partial charge in [0.05, 0.1) is 0 Å². The summed E-state index contributed by atoms with van der Waals surface area (Å²) < 4.78 is 0. The van der Waals surface area contributed by atoms with Crippen LogP contribution in [0.25, 0.3) is 0 Å². The van der Waals surface area contributed by atoms with Crippen LogP contribution >= 0.6 is 0 Å². The highest BCUT2D eigenvalue weighted by atomic mass is 16.4. The molecule has 144 valence electrons. The number of carboxylic acids is 1. The van der Waals surface area contributed by atoms with Gasteiger partial charge in [-0.25, -0.2) is 4.79 Å². The maximum absolute atomic E-state index is 10.9. The topological polar surface area (TPSA) is 49.7 Å². The number of carbonyl (C=O) groups is 1. The maximum Gasteiger partial charge on any atom is 0.328 e. The van der Waals surface area contributed by atoms with Crippen molar-refractivity contribution in [2.24, 2.45) is 10.4 Å². The zero-order valence-electron chi connectivity index (χ0n) is 17.7. The average Bonchev–Trinajstić information content (AvgIpc) is 2.54. The molecular formula is C23H35NO2. The molecule has 1 aliphatic rings. The van der Waals surface area contributed by atoms with E-state index in [2.05, 4.69) is 51.8 Å². The van der Waals surface area contributed by atoms with Gasteiger partial charge in [0.1, 0.15) is 6.04 Å². The van der Waals surface area contributed by atoms with Crippen molar-refractivity contribution >= 4 is 11.7 Å². The van der Waals surface area contributed by atoms with Crippen LogP contribution in [0.3, 0.4) is 0 Å². The molecule has 0 aromatic heterocycles. The predicted molar refractivity (Wildman–Crippen MR) is 112 cm³/mol. The van der Waals surface area contributed by atoms with Gasteiger partial charge in [-0.3, -0.25) is 4.99 Å². The van der Waals surface area contributed by atoms with Gasteiger partial charge in [-0.2, -0.15) is 0 Å². The number of hydrogen-bond donors (Lipinski definition) is 1. The summed E-state index contributed by atoms with van der Waals surface area (Å²) in [5.41, 5.74) is 7.45. The van der Waals surface area contributed by atoms with E-state index in [-0.39, 0.29) is 5.41 Å². The van der Waals surface area contributed by atoms with Crippen molar-refractivity contribution in [2.75, 3.05) is 0 Å². The molecule has 0 saturated carbocycles. The van der Waals surface area contributed by atoms with Crippen molar-refractivity contribution in [1.29, 1.82) is 0 Å². The fourth-order valence-corrected chi connectivity index (χ4v) is 3.24. The third-order valence-electron chi connectivity index (χ3n) is 5.42. The molecule has 0 amide bonds. The Morgan fingerprint density at radius 1 is 1.12 bits per heavy atom. The van der Waals surface area contributed by atoms with E-state index in [1.807, 2.05) is 19.9 Å². The molecule has 0 spiro atoms. The first-order chi connectivity index (χ1) is 12.0. The van der Waals surface area contributed by atoms with E-state index in [4.69, 9.17) is 5.11 Å². The largest absolute Gasteiger partial charge is 0.480 e. The van der Waals surface area contributed by atoms with Crippen LogP contribution in [0.5, 0.6) is 0 Å². The van der Waals surface area contributed by atoms with Gasteiger partial charge < -0.3 is 5.11 Å². The van der Waals surface area contributed by atoms with Crippen LogP contribution < -0.4 is 0 Å². The fourth-order valence-electron chi connectivity index (χ4n) is 3.24. The van der Waals surface area contributed by atoms with Crippen molar-refractivity contribution in [3.63, 3.8) is 0 Å². The summed E-state index contributed by atoms with van der Waals surface area (Å²) in [5.74, 6) is -0.901. The molecule has 3 nitrogen and oxygen atoms in total. The van der Waals surface area contributed by atoms with E-state index in [1.54, 1.807) is 6.92 Å². The normalized spacial score (nSPS) is 21.1. The van der Waals surface area contributed by atoms with Crippen LogP contribution in [-0.4, -0.2) is 22.8 Å². The Hall–Kier alpha value is -1.90. The molecular weight excluding hydrogens is 322 g/mol. The first-order valence-electron chi connectivity index (χ1n) is 9.47. The standard InChI is InChI=1S/C23H35NO2/c1-15(11-12-16(2)19(5)24-20(6)22(25)26)18(4)14-21-17(3)10-9-13-23(21,7)8/h11-12,14,20H,9-10,13H2,1-8H3,(H,25,26)/b15-11+,16-12+,18-14+,24-19?. The molecule has 1 unspecified atom stereocenters. The first kappa shape index (κ1) is 22.1. The lowest BCUT2D eigenvalue weighted by Gasteiger charge is -2.33. The second kappa shape index (κ2) is 9.16. The zero-order valence-corrected chi connectivity index (χ0v) is 17.7. The number of nitrogens with zero attached hydrogens (tertiary/aromatic N) is 1. The minimum absolute atomic E-state index is 0.242. The molecule has 0 bridgehead atoms. The molecule has 0 aromatic rings. The van der Waals surface area contributed by atoms with E-state index in [0.717, 1.165) is 11.3 Å². The Bertz CT molecular complexity index is 700. The number of aliphatic carboxylic acids is 1. The number of hydrogen-bond acceptors (Lipinski definition) is 2. The van der Waals surface area contributed by atoms with Crippen molar-refractivity contribution < 1.29 is 9.90 Å². The maximum atomic E-state index is 10.9. The summed E-state index contributed by atoms with van der Waals surface area (Å²) in [6, 6.07) is -0.714.